The lowest BCUT2D eigenvalue weighted by Crippen LogP contribution is -2.71. The Labute approximate surface area is 211 Å². The van der Waals surface area contributed by atoms with Crippen LogP contribution in [-0.2, 0) is 25.8 Å². The van der Waals surface area contributed by atoms with Gasteiger partial charge in [0.15, 0.2) is 5.13 Å². The number of carbonyl (C=O) groups is 3. The van der Waals surface area contributed by atoms with Crippen LogP contribution in [0.1, 0.15) is 11.6 Å². The van der Waals surface area contributed by atoms with Crippen LogP contribution >= 0.6 is 23.3 Å². The van der Waals surface area contributed by atoms with Gasteiger partial charge in [-0.3, -0.25) is 14.5 Å². The van der Waals surface area contributed by atoms with Gasteiger partial charge in [-0.15, -0.1) is 11.8 Å². The van der Waals surface area contributed by atoms with E-state index < -0.39 is 29.2 Å². The van der Waals surface area contributed by atoms with Crippen molar-refractivity contribution in [2.24, 2.45) is 5.16 Å². The number of aliphatic carboxylic acids is 1. The Morgan fingerprint density at radius 1 is 1.42 bits per heavy atom. The second kappa shape index (κ2) is 9.19. The molecular formula is C20H20N9O5S2+. The lowest BCUT2D eigenvalue weighted by atomic mass is 10.0. The molecule has 186 valence electrons. The van der Waals surface area contributed by atoms with Crippen LogP contribution in [0.15, 0.2) is 40.8 Å². The number of β-lactam (4-membered cyclic amide) rings is 1. The van der Waals surface area contributed by atoms with Crippen molar-refractivity contribution in [2.75, 3.05) is 18.6 Å². The van der Waals surface area contributed by atoms with Crippen molar-refractivity contribution < 1.29 is 28.9 Å². The second-order valence-corrected chi connectivity index (χ2v) is 9.72. The number of hydrogen-bond donors (Lipinski definition) is 3. The number of nitrogen functional groups attached to an aromatic ring is 1. The Morgan fingerprint density at radius 3 is 2.92 bits per heavy atom. The zero-order valence-electron chi connectivity index (χ0n) is 19.0. The van der Waals surface area contributed by atoms with E-state index in [2.05, 4.69) is 24.9 Å². The van der Waals surface area contributed by atoms with Crippen LogP contribution in [0.3, 0.4) is 0 Å². The molecule has 2 aliphatic rings. The van der Waals surface area contributed by atoms with Crippen LogP contribution in [0.25, 0.3) is 5.65 Å². The number of aryl methyl sites for hydroxylation is 1. The second-order valence-electron chi connectivity index (χ2n) is 7.83. The Bertz CT molecular complexity index is 1460. The molecule has 0 saturated carbocycles. The fraction of sp³-hybridized carbons (Fsp3) is 0.300. The summed E-state index contributed by atoms with van der Waals surface area (Å²) in [5.74, 6) is -1.48. The van der Waals surface area contributed by atoms with E-state index in [0.717, 1.165) is 17.2 Å². The molecule has 14 nitrogen and oxygen atoms in total. The minimum absolute atomic E-state index is 0.0361. The molecule has 0 radical (unpaired) electrons. The molecule has 5 rings (SSSR count). The van der Waals surface area contributed by atoms with Gasteiger partial charge in [-0.05, 0) is 6.07 Å². The number of thioether (sulfide) groups is 1. The number of rotatable bonds is 7. The molecule has 0 bridgehead atoms. The molecule has 2 aliphatic heterocycles. The van der Waals surface area contributed by atoms with Crippen LogP contribution in [0.5, 0.6) is 0 Å². The minimum atomic E-state index is -1.22. The first-order valence-corrected chi connectivity index (χ1v) is 12.4. The third-order valence-electron chi connectivity index (χ3n) is 5.67. The van der Waals surface area contributed by atoms with E-state index >= 15 is 0 Å². The molecule has 0 aromatic carbocycles. The molecule has 4 N–H and O–H groups in total. The smallest absolute Gasteiger partial charge is 0.352 e. The van der Waals surface area contributed by atoms with Crippen LogP contribution in [0.2, 0.25) is 0 Å². The minimum Gasteiger partial charge on any atom is -0.477 e. The third-order valence-corrected chi connectivity index (χ3v) is 7.56. The molecule has 0 unspecified atom stereocenters. The Hall–Kier alpha value is -4.05. The highest BCUT2D eigenvalue weighted by Crippen LogP contribution is 2.40. The van der Waals surface area contributed by atoms with Crippen molar-refractivity contribution in [2.45, 2.75) is 24.9 Å². The maximum atomic E-state index is 13.1. The van der Waals surface area contributed by atoms with Crippen LogP contribution in [0.4, 0.5) is 5.13 Å². The molecular weight excluding hydrogens is 510 g/mol. The van der Waals surface area contributed by atoms with Crippen molar-refractivity contribution in [1.29, 1.82) is 0 Å². The summed E-state index contributed by atoms with van der Waals surface area (Å²) >= 11 is 2.24. The Morgan fingerprint density at radius 2 is 2.22 bits per heavy atom. The summed E-state index contributed by atoms with van der Waals surface area (Å²) in [5.41, 5.74) is 6.62. The van der Waals surface area contributed by atoms with Gasteiger partial charge in [0.1, 0.15) is 30.4 Å². The number of pyridine rings is 1. The number of nitrogens with two attached hydrogens (primary N) is 1. The predicted octanol–water partition coefficient (Wildman–Crippen LogP) is -0.847. The Balaban J connectivity index is 1.39. The topological polar surface area (TPSA) is 181 Å². The summed E-state index contributed by atoms with van der Waals surface area (Å²) in [4.78, 5) is 48.0. The van der Waals surface area contributed by atoms with E-state index in [1.807, 2.05) is 29.7 Å². The predicted molar refractivity (Wildman–Crippen MR) is 128 cm³/mol. The first kappa shape index (κ1) is 23.7. The molecule has 2 amide bonds. The van der Waals surface area contributed by atoms with E-state index in [0.29, 0.717) is 17.2 Å². The quantitative estimate of drug-likeness (QED) is 0.151. The van der Waals surface area contributed by atoms with Crippen molar-refractivity contribution in [3.05, 3.63) is 47.3 Å². The highest BCUT2D eigenvalue weighted by atomic mass is 32.2. The van der Waals surface area contributed by atoms with Crippen molar-refractivity contribution >= 4 is 57.6 Å². The Kier molecular flexibility index (Phi) is 6.05. The normalized spacial score (nSPS) is 19.8. The third kappa shape index (κ3) is 3.93. The zero-order valence-corrected chi connectivity index (χ0v) is 20.6. The molecule has 3 aromatic rings. The molecule has 1 saturated heterocycles. The number of aromatic nitrogens is 5. The maximum absolute atomic E-state index is 13.1. The molecule has 0 spiro atoms. The van der Waals surface area contributed by atoms with Gasteiger partial charge in [-0.2, -0.15) is 9.36 Å². The van der Waals surface area contributed by atoms with Crippen LogP contribution < -0.4 is 15.6 Å². The van der Waals surface area contributed by atoms with E-state index in [4.69, 9.17) is 10.6 Å². The summed E-state index contributed by atoms with van der Waals surface area (Å²) in [6.07, 6.45) is 1.81. The number of nitrogens with one attached hydrogen (secondary N) is 1. The van der Waals surface area contributed by atoms with Gasteiger partial charge in [0.2, 0.25) is 11.5 Å². The number of oxime groups is 1. The molecule has 5 heterocycles. The summed E-state index contributed by atoms with van der Waals surface area (Å²) < 4.78 is 7.56. The van der Waals surface area contributed by atoms with Gasteiger partial charge in [-0.1, -0.05) is 15.7 Å². The fourth-order valence-electron chi connectivity index (χ4n) is 4.11. The molecule has 36 heavy (non-hydrogen) atoms. The van der Waals surface area contributed by atoms with Gasteiger partial charge in [0.25, 0.3) is 23.3 Å². The van der Waals surface area contributed by atoms with E-state index in [1.165, 1.54) is 23.8 Å². The average molecular weight is 531 g/mol. The summed E-state index contributed by atoms with van der Waals surface area (Å²) in [6.45, 7) is 2.08. The summed E-state index contributed by atoms with van der Waals surface area (Å²) in [5, 5.41) is 20.3. The lowest BCUT2D eigenvalue weighted by Gasteiger charge is -2.49. The van der Waals surface area contributed by atoms with Crippen molar-refractivity contribution in [3.8, 4) is 0 Å². The van der Waals surface area contributed by atoms with Gasteiger partial charge in [0.05, 0.1) is 6.54 Å². The largest absolute Gasteiger partial charge is 0.477 e. The average Bonchev–Trinajstić information content (AvgIpc) is 3.42. The first-order chi connectivity index (χ1) is 17.3. The number of anilines is 1. The van der Waals surface area contributed by atoms with Gasteiger partial charge >= 0.3 is 5.97 Å². The van der Waals surface area contributed by atoms with E-state index in [9.17, 15) is 19.5 Å². The van der Waals surface area contributed by atoms with Crippen LogP contribution in [0, 0.1) is 6.92 Å². The van der Waals surface area contributed by atoms with Crippen LogP contribution in [-0.4, -0.2) is 76.8 Å². The van der Waals surface area contributed by atoms with Gasteiger partial charge in [-0.25, -0.2) is 9.36 Å². The molecule has 2 atom stereocenters. The van der Waals surface area contributed by atoms with Crippen molar-refractivity contribution in [1.82, 2.24) is 29.2 Å². The lowest BCUT2D eigenvalue weighted by molar-refractivity contribution is -0.670. The van der Waals surface area contributed by atoms with E-state index in [1.54, 1.807) is 10.7 Å². The maximum Gasteiger partial charge on any atom is 0.352 e. The van der Waals surface area contributed by atoms with Gasteiger partial charge in [0, 0.05) is 40.9 Å². The molecule has 3 aromatic heterocycles. The summed E-state index contributed by atoms with van der Waals surface area (Å²) in [6, 6.07) is 4.64. The highest BCUT2D eigenvalue weighted by Gasteiger charge is 2.54. The summed E-state index contributed by atoms with van der Waals surface area (Å²) in [7, 11) is 1.26. The monoisotopic (exact) mass is 530 g/mol. The highest BCUT2D eigenvalue weighted by molar-refractivity contribution is 8.00. The number of amides is 2. The molecule has 0 aliphatic carbocycles. The number of carboxylic acid groups (broad SMARTS) is 1. The SMILES string of the molecule is CO/N=C(\C(=O)N[C@@H]1C(=O)N2C(C(=O)O)=C(C[n+]3c(C)nn4ccccc43)CS[C@H]12)c1nsc(N)n1. The zero-order chi connectivity index (χ0) is 25.6. The number of hydrogen-bond acceptors (Lipinski definition) is 11. The molecule has 16 heteroatoms. The number of nitrogens with zero attached hydrogens (tertiary/aromatic N) is 7. The van der Waals surface area contributed by atoms with Gasteiger partial charge < -0.3 is 21.0 Å². The van der Waals surface area contributed by atoms with Crippen molar-refractivity contribution in [3.63, 3.8) is 0 Å². The number of fused-ring (bicyclic) bond motifs is 2. The standard InChI is InChI=1S/C20H19N9O5S2/c1-9-24-28-6-4-3-5-11(28)27(9)7-10-8-35-18-13(17(31)29(18)14(10)19(32)33)22-16(30)12(25-34-2)15-23-20(21)36-26-15/h3-6,13,18H,7-8H2,1-2H3,(H3-,21,22,23,26,30,32,33)/p+1/b25-12-/t13-,18-/m1/s1. The first-order valence-electron chi connectivity index (χ1n) is 10.6. The number of carboxylic acids is 1. The fourth-order valence-corrected chi connectivity index (χ4v) is 5.88. The number of carbonyl (C=O) groups excluding carboxylic acids is 2. The molecule has 1 fully saturated rings. The van der Waals surface area contributed by atoms with E-state index in [-0.39, 0.29) is 28.9 Å².